The van der Waals surface area contributed by atoms with Gasteiger partial charge in [-0.1, -0.05) is 0 Å². The molecule has 114 valence electrons. The minimum absolute atomic E-state index is 0.497. The van der Waals surface area contributed by atoms with E-state index in [2.05, 4.69) is 67.4 Å². The minimum atomic E-state index is 0.497. The van der Waals surface area contributed by atoms with Gasteiger partial charge >= 0.3 is 0 Å². The zero-order valence-electron chi connectivity index (χ0n) is 12.4. The van der Waals surface area contributed by atoms with E-state index in [0.29, 0.717) is 6.61 Å². The van der Waals surface area contributed by atoms with Crippen molar-refractivity contribution < 1.29 is 4.74 Å². The number of benzene rings is 1. The summed E-state index contributed by atoms with van der Waals surface area (Å²) in [5, 5.41) is 7.57. The van der Waals surface area contributed by atoms with Crippen LogP contribution in [0.5, 0.6) is 5.75 Å². The molecule has 0 spiro atoms. The highest BCUT2D eigenvalue weighted by atomic mass is 79.9. The van der Waals surface area contributed by atoms with Crippen LogP contribution >= 0.6 is 31.9 Å². The maximum absolute atomic E-state index is 5.97. The van der Waals surface area contributed by atoms with Crippen LogP contribution in [0.4, 0.5) is 0 Å². The van der Waals surface area contributed by atoms with Crippen LogP contribution in [0.1, 0.15) is 23.9 Å². The van der Waals surface area contributed by atoms with Gasteiger partial charge in [-0.05, 0) is 76.5 Å². The van der Waals surface area contributed by atoms with Gasteiger partial charge in [0.1, 0.15) is 12.4 Å². The van der Waals surface area contributed by atoms with Gasteiger partial charge < -0.3 is 10.1 Å². The average molecular weight is 417 g/mol. The lowest BCUT2D eigenvalue weighted by atomic mass is 10.2. The third kappa shape index (κ3) is 4.08. The van der Waals surface area contributed by atoms with Gasteiger partial charge in [-0.15, -0.1) is 0 Å². The molecular formula is C15H19Br2N3O. The van der Waals surface area contributed by atoms with E-state index in [0.717, 1.165) is 39.2 Å². The molecule has 1 heterocycles. The Kier molecular flexibility index (Phi) is 5.84. The number of rotatable bonds is 6. The minimum Gasteiger partial charge on any atom is -0.485 e. The molecule has 0 fully saturated rings. The van der Waals surface area contributed by atoms with Gasteiger partial charge in [0.15, 0.2) is 0 Å². The van der Waals surface area contributed by atoms with Crippen LogP contribution < -0.4 is 10.1 Å². The second-order valence-corrected chi connectivity index (χ2v) is 6.51. The molecule has 0 unspecified atom stereocenters. The summed E-state index contributed by atoms with van der Waals surface area (Å²) in [6, 6.07) is 6.19. The van der Waals surface area contributed by atoms with Gasteiger partial charge in [-0.25, -0.2) is 0 Å². The lowest BCUT2D eigenvalue weighted by Gasteiger charge is -2.13. The quantitative estimate of drug-likeness (QED) is 0.772. The Hall–Kier alpha value is -0.850. The highest BCUT2D eigenvalue weighted by Gasteiger charge is 2.11. The third-order valence-electron chi connectivity index (χ3n) is 3.09. The number of hydrogen-bond acceptors (Lipinski definition) is 3. The molecule has 6 heteroatoms. The van der Waals surface area contributed by atoms with Crippen LogP contribution in [0, 0.1) is 6.92 Å². The molecule has 4 nitrogen and oxygen atoms in total. The first kappa shape index (κ1) is 16.5. The number of ether oxygens (including phenoxy) is 1. The number of nitrogens with zero attached hydrogens (tertiary/aromatic N) is 2. The SMILES string of the molecule is CCn1nc(C)cc1COc1c(Br)cc(CNC)cc1Br. The van der Waals surface area contributed by atoms with Crippen LogP contribution in [0.2, 0.25) is 0 Å². The fourth-order valence-electron chi connectivity index (χ4n) is 2.19. The molecule has 21 heavy (non-hydrogen) atoms. The fraction of sp³-hybridized carbons (Fsp3) is 0.400. The summed E-state index contributed by atoms with van der Waals surface area (Å²) < 4.78 is 9.82. The molecule has 2 aromatic rings. The van der Waals surface area contributed by atoms with Crippen molar-refractivity contribution in [2.75, 3.05) is 7.05 Å². The monoisotopic (exact) mass is 415 g/mol. The van der Waals surface area contributed by atoms with E-state index >= 15 is 0 Å². The Morgan fingerprint density at radius 3 is 2.48 bits per heavy atom. The molecule has 0 aliphatic heterocycles. The predicted octanol–water partition coefficient (Wildman–Crippen LogP) is 4.03. The Morgan fingerprint density at radius 1 is 1.24 bits per heavy atom. The van der Waals surface area contributed by atoms with E-state index in [1.165, 1.54) is 5.56 Å². The van der Waals surface area contributed by atoms with Crippen LogP contribution in [-0.2, 0) is 19.7 Å². The normalized spacial score (nSPS) is 10.9. The third-order valence-corrected chi connectivity index (χ3v) is 4.27. The Labute approximate surface area is 142 Å². The van der Waals surface area contributed by atoms with Gasteiger partial charge in [0.25, 0.3) is 0 Å². The number of hydrogen-bond donors (Lipinski definition) is 1. The summed E-state index contributed by atoms with van der Waals surface area (Å²) in [6.07, 6.45) is 0. The van der Waals surface area contributed by atoms with E-state index in [-0.39, 0.29) is 0 Å². The van der Waals surface area contributed by atoms with Crippen molar-refractivity contribution >= 4 is 31.9 Å². The van der Waals surface area contributed by atoms with Gasteiger partial charge in [-0.3, -0.25) is 4.68 Å². The Morgan fingerprint density at radius 2 is 1.90 bits per heavy atom. The largest absolute Gasteiger partial charge is 0.485 e. The van der Waals surface area contributed by atoms with Crippen molar-refractivity contribution in [2.45, 2.75) is 33.5 Å². The summed E-state index contributed by atoms with van der Waals surface area (Å²) in [5.41, 5.74) is 3.28. The van der Waals surface area contributed by atoms with Crippen molar-refractivity contribution in [3.63, 3.8) is 0 Å². The average Bonchev–Trinajstić information content (AvgIpc) is 2.78. The highest BCUT2D eigenvalue weighted by molar-refractivity contribution is 9.11. The van der Waals surface area contributed by atoms with Crippen LogP contribution in [0.25, 0.3) is 0 Å². The van der Waals surface area contributed by atoms with Crippen molar-refractivity contribution in [3.05, 3.63) is 44.1 Å². The topological polar surface area (TPSA) is 39.1 Å². The molecule has 0 amide bonds. The molecule has 1 N–H and O–H groups in total. The van der Waals surface area contributed by atoms with Crippen molar-refractivity contribution in [3.8, 4) is 5.75 Å². The molecular weight excluding hydrogens is 398 g/mol. The summed E-state index contributed by atoms with van der Waals surface area (Å²) in [6.45, 7) is 6.23. The summed E-state index contributed by atoms with van der Waals surface area (Å²) in [4.78, 5) is 0. The smallest absolute Gasteiger partial charge is 0.148 e. The van der Waals surface area contributed by atoms with Gasteiger partial charge in [0.05, 0.1) is 20.3 Å². The lowest BCUT2D eigenvalue weighted by molar-refractivity contribution is 0.288. The number of aromatic nitrogens is 2. The second-order valence-electron chi connectivity index (χ2n) is 4.80. The molecule has 2 rings (SSSR count). The highest BCUT2D eigenvalue weighted by Crippen LogP contribution is 2.35. The molecule has 0 bridgehead atoms. The number of aryl methyl sites for hydroxylation is 2. The molecule has 0 saturated carbocycles. The summed E-state index contributed by atoms with van der Waals surface area (Å²) in [5.74, 6) is 0.816. The molecule has 0 saturated heterocycles. The standard InChI is InChI=1S/C15H19Br2N3O/c1-4-20-12(5-10(2)19-20)9-21-15-13(16)6-11(8-18-3)7-14(15)17/h5-7,18H,4,8-9H2,1-3H3. The van der Waals surface area contributed by atoms with Crippen LogP contribution in [0.3, 0.4) is 0 Å². The molecule has 1 aromatic carbocycles. The zero-order chi connectivity index (χ0) is 15.4. The lowest BCUT2D eigenvalue weighted by Crippen LogP contribution is -2.07. The molecule has 0 radical (unpaired) electrons. The van der Waals surface area contributed by atoms with E-state index in [1.807, 2.05) is 18.7 Å². The van der Waals surface area contributed by atoms with Crippen molar-refractivity contribution in [1.82, 2.24) is 15.1 Å². The van der Waals surface area contributed by atoms with E-state index in [4.69, 9.17) is 4.74 Å². The second kappa shape index (κ2) is 7.42. The van der Waals surface area contributed by atoms with Gasteiger partial charge in [0, 0.05) is 13.1 Å². The van der Waals surface area contributed by atoms with Crippen molar-refractivity contribution in [1.29, 1.82) is 0 Å². The molecule has 0 aliphatic carbocycles. The van der Waals surface area contributed by atoms with Crippen LogP contribution in [-0.4, -0.2) is 16.8 Å². The molecule has 1 aromatic heterocycles. The van der Waals surface area contributed by atoms with Gasteiger partial charge in [-0.2, -0.15) is 5.10 Å². The fourth-order valence-corrected chi connectivity index (χ4v) is 3.70. The maximum atomic E-state index is 5.97. The summed E-state index contributed by atoms with van der Waals surface area (Å²) in [7, 11) is 1.93. The first-order chi connectivity index (χ1) is 10.0. The molecule has 0 atom stereocenters. The van der Waals surface area contributed by atoms with E-state index in [1.54, 1.807) is 0 Å². The molecule has 0 aliphatic rings. The van der Waals surface area contributed by atoms with Crippen LogP contribution in [0.15, 0.2) is 27.1 Å². The first-order valence-electron chi connectivity index (χ1n) is 6.83. The number of halogens is 2. The zero-order valence-corrected chi connectivity index (χ0v) is 15.6. The summed E-state index contributed by atoms with van der Waals surface area (Å²) >= 11 is 7.15. The Balaban J connectivity index is 2.16. The van der Waals surface area contributed by atoms with E-state index < -0.39 is 0 Å². The van der Waals surface area contributed by atoms with Gasteiger partial charge in [0.2, 0.25) is 0 Å². The predicted molar refractivity (Wildman–Crippen MR) is 91.6 cm³/mol. The van der Waals surface area contributed by atoms with Crippen molar-refractivity contribution in [2.24, 2.45) is 0 Å². The first-order valence-corrected chi connectivity index (χ1v) is 8.42. The Bertz CT molecular complexity index is 602. The maximum Gasteiger partial charge on any atom is 0.148 e. The number of nitrogens with one attached hydrogen (secondary N) is 1. The van der Waals surface area contributed by atoms with E-state index in [9.17, 15) is 0 Å².